The minimum absolute atomic E-state index is 0.104. The Bertz CT molecular complexity index is 1870. The first-order valence-corrected chi connectivity index (χ1v) is 43.5. The van der Waals surface area contributed by atoms with Crippen LogP contribution in [0.25, 0.3) is 0 Å². The molecule has 0 aromatic heterocycles. The van der Waals surface area contributed by atoms with E-state index in [4.69, 9.17) is 37.0 Å². The molecular weight excluding hydrogens is 1270 g/mol. The Morgan fingerprint density at radius 2 is 0.474 bits per heavy atom. The molecule has 0 amide bonds. The number of unbranched alkanes of at least 4 members (excludes halogenated alkanes) is 47. The Morgan fingerprint density at radius 1 is 0.278 bits per heavy atom. The van der Waals surface area contributed by atoms with Gasteiger partial charge >= 0.3 is 39.5 Å². The normalized spacial score (nSPS) is 14.0. The summed E-state index contributed by atoms with van der Waals surface area (Å²) in [6.45, 7) is 9.53. The molecule has 0 aromatic carbocycles. The third kappa shape index (κ3) is 72.2. The van der Waals surface area contributed by atoms with Crippen LogP contribution in [0.5, 0.6) is 0 Å². The lowest BCUT2D eigenvalue weighted by Gasteiger charge is -2.21. The number of carbonyl (C=O) groups is 4. The average molecular weight is 1420 g/mol. The molecule has 0 aliphatic heterocycles. The van der Waals surface area contributed by atoms with Crippen LogP contribution in [0.1, 0.15) is 408 Å². The highest BCUT2D eigenvalue weighted by Gasteiger charge is 2.30. The van der Waals surface area contributed by atoms with Gasteiger partial charge in [-0.15, -0.1) is 0 Å². The molecule has 97 heavy (non-hydrogen) atoms. The highest BCUT2D eigenvalue weighted by Crippen LogP contribution is 2.45. The smallest absolute Gasteiger partial charge is 0.462 e. The second-order valence-electron chi connectivity index (χ2n) is 29.1. The zero-order chi connectivity index (χ0) is 71.4. The second-order valence-corrected chi connectivity index (χ2v) is 32.0. The van der Waals surface area contributed by atoms with Crippen molar-refractivity contribution in [2.45, 2.75) is 426 Å². The Morgan fingerprint density at radius 3 is 0.701 bits per heavy atom. The highest BCUT2D eigenvalue weighted by atomic mass is 31.2. The van der Waals surface area contributed by atoms with Crippen LogP contribution in [0.15, 0.2) is 0 Å². The first-order valence-electron chi connectivity index (χ1n) is 40.5. The van der Waals surface area contributed by atoms with Crippen molar-refractivity contribution in [2.24, 2.45) is 11.8 Å². The number of ether oxygens (including phenoxy) is 4. The van der Waals surface area contributed by atoms with Gasteiger partial charge < -0.3 is 33.8 Å². The molecule has 0 aliphatic carbocycles. The van der Waals surface area contributed by atoms with Crippen molar-refractivity contribution in [3.8, 4) is 0 Å². The number of hydrogen-bond donors (Lipinski definition) is 3. The minimum atomic E-state index is -4.96. The molecule has 0 spiro atoms. The predicted molar refractivity (Wildman–Crippen MR) is 395 cm³/mol. The van der Waals surface area contributed by atoms with Crippen LogP contribution in [0.2, 0.25) is 0 Å². The predicted octanol–water partition coefficient (Wildman–Crippen LogP) is 23.1. The van der Waals surface area contributed by atoms with Gasteiger partial charge in [0.1, 0.15) is 19.3 Å². The van der Waals surface area contributed by atoms with Gasteiger partial charge in [-0.05, 0) is 37.5 Å². The quantitative estimate of drug-likeness (QED) is 0.0222. The van der Waals surface area contributed by atoms with Gasteiger partial charge in [0, 0.05) is 25.7 Å². The minimum Gasteiger partial charge on any atom is -0.462 e. The van der Waals surface area contributed by atoms with E-state index in [1.165, 1.54) is 225 Å². The van der Waals surface area contributed by atoms with Crippen LogP contribution in [0.3, 0.4) is 0 Å². The lowest BCUT2D eigenvalue weighted by Crippen LogP contribution is -2.30. The lowest BCUT2D eigenvalue weighted by molar-refractivity contribution is -0.161. The fourth-order valence-electron chi connectivity index (χ4n) is 12.0. The summed E-state index contributed by atoms with van der Waals surface area (Å²) in [5, 5.41) is 10.6. The zero-order valence-corrected chi connectivity index (χ0v) is 65.2. The van der Waals surface area contributed by atoms with E-state index in [0.29, 0.717) is 25.7 Å². The largest absolute Gasteiger partial charge is 0.472 e. The van der Waals surface area contributed by atoms with Gasteiger partial charge in [-0.2, -0.15) is 0 Å². The van der Waals surface area contributed by atoms with Crippen LogP contribution in [0, 0.1) is 11.8 Å². The molecule has 0 aliphatic rings. The molecule has 0 bridgehead atoms. The van der Waals surface area contributed by atoms with E-state index < -0.39 is 97.5 Å². The molecule has 3 N–H and O–H groups in total. The fraction of sp³-hybridized carbons (Fsp3) is 0.949. The first-order chi connectivity index (χ1) is 46.9. The van der Waals surface area contributed by atoms with Crippen LogP contribution in [-0.4, -0.2) is 96.7 Å². The topological polar surface area (TPSA) is 237 Å². The number of carbonyl (C=O) groups excluding carboxylic acids is 4. The van der Waals surface area contributed by atoms with Gasteiger partial charge in [0.15, 0.2) is 12.2 Å². The number of phosphoric ester groups is 2. The number of phosphoric acid groups is 2. The van der Waals surface area contributed by atoms with Crippen molar-refractivity contribution in [1.82, 2.24) is 0 Å². The van der Waals surface area contributed by atoms with Crippen LogP contribution in [0.4, 0.5) is 0 Å². The number of aliphatic hydroxyl groups excluding tert-OH is 1. The average Bonchev–Trinajstić information content (AvgIpc) is 1.50. The number of hydrogen-bond acceptors (Lipinski definition) is 15. The second kappa shape index (κ2) is 69.8. The molecular formula is C78H152O17P2. The maximum Gasteiger partial charge on any atom is 0.472 e. The number of aliphatic hydroxyl groups is 1. The molecule has 17 nitrogen and oxygen atoms in total. The molecule has 0 saturated carbocycles. The van der Waals surface area contributed by atoms with Gasteiger partial charge in [-0.25, -0.2) is 9.13 Å². The van der Waals surface area contributed by atoms with E-state index in [0.717, 1.165) is 102 Å². The van der Waals surface area contributed by atoms with Crippen molar-refractivity contribution >= 4 is 39.5 Å². The molecule has 0 heterocycles. The number of esters is 4. The maximum absolute atomic E-state index is 13.1. The Kier molecular flexibility index (Phi) is 68.4. The summed E-state index contributed by atoms with van der Waals surface area (Å²) >= 11 is 0. The maximum atomic E-state index is 13.1. The molecule has 0 rings (SSSR count). The monoisotopic (exact) mass is 1420 g/mol. The van der Waals surface area contributed by atoms with Crippen molar-refractivity contribution in [1.29, 1.82) is 0 Å². The summed E-state index contributed by atoms with van der Waals surface area (Å²) in [5.41, 5.74) is 0. The van der Waals surface area contributed by atoms with Crippen molar-refractivity contribution < 1.29 is 80.2 Å². The molecule has 2 unspecified atom stereocenters. The summed E-state index contributed by atoms with van der Waals surface area (Å²) < 4.78 is 68.6. The van der Waals surface area contributed by atoms with Crippen LogP contribution < -0.4 is 0 Å². The van der Waals surface area contributed by atoms with Crippen molar-refractivity contribution in [3.05, 3.63) is 0 Å². The van der Waals surface area contributed by atoms with Crippen LogP contribution in [-0.2, 0) is 65.4 Å². The van der Waals surface area contributed by atoms with Crippen LogP contribution >= 0.6 is 15.6 Å². The third-order valence-corrected chi connectivity index (χ3v) is 20.1. The highest BCUT2D eigenvalue weighted by molar-refractivity contribution is 7.47. The first kappa shape index (κ1) is 95.1. The van der Waals surface area contributed by atoms with Gasteiger partial charge in [-0.1, -0.05) is 356 Å². The van der Waals surface area contributed by atoms with Gasteiger partial charge in [-0.3, -0.25) is 37.3 Å². The molecule has 0 aromatic rings. The summed E-state index contributed by atoms with van der Waals surface area (Å²) in [6, 6.07) is 0. The molecule has 0 radical (unpaired) electrons. The van der Waals surface area contributed by atoms with E-state index in [1.807, 2.05) is 0 Å². The SMILES string of the molecule is CCCCCCCCCCCCCCCCCCCCCCC(=O)O[C@H](COC(=O)CCCCCCCCCCCCCCCCC)COP(=O)(O)OC[C@@H](O)COP(=O)(O)OC[C@@H](COC(=O)CCCCCCCCCCC(C)C)OC(=O)CCCCCCCCCCC(C)C. The fourth-order valence-corrected chi connectivity index (χ4v) is 13.6. The zero-order valence-electron chi connectivity index (χ0n) is 63.4. The Balaban J connectivity index is 5.22. The summed E-state index contributed by atoms with van der Waals surface area (Å²) in [6.07, 6.45) is 58.4. The lowest BCUT2D eigenvalue weighted by atomic mass is 10.0. The molecule has 19 heteroatoms. The number of rotatable bonds is 77. The molecule has 5 atom stereocenters. The van der Waals surface area contributed by atoms with Gasteiger partial charge in [0.2, 0.25) is 0 Å². The summed E-state index contributed by atoms with van der Waals surface area (Å²) in [5.74, 6) is -0.671. The molecule has 0 fully saturated rings. The Labute approximate surface area is 594 Å². The standard InChI is InChI=1S/C78H152O17P2/c1-7-9-11-13-15-17-19-21-23-24-25-26-27-29-31-33-35-44-50-56-62-77(82)94-73(66-88-75(80)60-54-48-42-34-32-30-28-22-20-18-16-14-12-10-8-2)68-92-96(84,85)90-64-72(79)65-91-97(86,87)93-69-74(95-78(83)63-57-51-45-39-37-41-47-53-59-71(5)6)67-89-76(81)61-55-49-43-38-36-40-46-52-58-70(3)4/h70-74,79H,7-69H2,1-6H3,(H,84,85)(H,86,87)/t72-,73-,74-/m1/s1. The molecule has 576 valence electrons. The third-order valence-electron chi connectivity index (χ3n) is 18.2. The van der Waals surface area contributed by atoms with Crippen molar-refractivity contribution in [3.63, 3.8) is 0 Å². The Hall–Kier alpha value is -1.94. The van der Waals surface area contributed by atoms with Gasteiger partial charge in [0.25, 0.3) is 0 Å². The molecule has 0 saturated heterocycles. The summed E-state index contributed by atoms with van der Waals surface area (Å²) in [4.78, 5) is 72.9. The van der Waals surface area contributed by atoms with E-state index in [2.05, 4.69) is 41.5 Å². The summed E-state index contributed by atoms with van der Waals surface area (Å²) in [7, 11) is -9.91. The van der Waals surface area contributed by atoms with E-state index in [-0.39, 0.29) is 25.7 Å². The van der Waals surface area contributed by atoms with Crippen molar-refractivity contribution in [2.75, 3.05) is 39.6 Å². The van der Waals surface area contributed by atoms with E-state index in [1.54, 1.807) is 0 Å². The van der Waals surface area contributed by atoms with E-state index in [9.17, 15) is 43.2 Å². The van der Waals surface area contributed by atoms with E-state index >= 15 is 0 Å². The van der Waals surface area contributed by atoms with Gasteiger partial charge in [0.05, 0.1) is 26.4 Å².